The molecule has 1 aromatic rings. The van der Waals surface area contributed by atoms with Gasteiger partial charge in [-0.15, -0.1) is 0 Å². The number of pyridine rings is 1. The molecule has 1 aromatic heterocycles. The molecule has 1 heterocycles. The van der Waals surface area contributed by atoms with Crippen LogP contribution in [0.15, 0.2) is 23.7 Å². The van der Waals surface area contributed by atoms with E-state index in [2.05, 4.69) is 10.3 Å². The number of nitrogens with one attached hydrogen (secondary N) is 1. The van der Waals surface area contributed by atoms with Crippen molar-refractivity contribution in [3.63, 3.8) is 0 Å². The summed E-state index contributed by atoms with van der Waals surface area (Å²) in [7, 11) is -3.19. The summed E-state index contributed by atoms with van der Waals surface area (Å²) in [6.45, 7) is 4.57. The molecule has 0 aliphatic heterocycles. The average molecular weight is 347 g/mol. The fraction of sp³-hybridized carbons (Fsp3) is 0.429. The number of hydrogen-bond donors (Lipinski definition) is 1. The second kappa shape index (κ2) is 8.14. The molecule has 1 rings (SSSR count). The lowest BCUT2D eigenvalue weighted by molar-refractivity contribution is 0.0957. The molecule has 0 radical (unpaired) electrons. The second-order valence-corrected chi connectivity index (χ2v) is 7.47. The topological polar surface area (TPSA) is 85.4 Å². The third-order valence-corrected chi connectivity index (χ3v) is 3.30. The summed E-state index contributed by atoms with van der Waals surface area (Å²) in [5.41, 5.74) is 0.273. The van der Waals surface area contributed by atoms with Crippen molar-refractivity contribution in [2.75, 3.05) is 19.4 Å². The lowest BCUT2D eigenvalue weighted by atomic mass is 10.2. The Morgan fingerprint density at radius 1 is 1.50 bits per heavy atom. The third kappa shape index (κ3) is 6.91. The van der Waals surface area contributed by atoms with E-state index >= 15 is 0 Å². The summed E-state index contributed by atoms with van der Waals surface area (Å²) < 4.78 is 27.2. The fourth-order valence-electron chi connectivity index (χ4n) is 1.38. The molecule has 0 saturated heterocycles. The van der Waals surface area contributed by atoms with Crippen LogP contribution in [0.5, 0.6) is 5.88 Å². The number of halogens is 1. The van der Waals surface area contributed by atoms with Gasteiger partial charge in [0, 0.05) is 24.4 Å². The van der Waals surface area contributed by atoms with Crippen molar-refractivity contribution in [3.8, 4) is 5.88 Å². The van der Waals surface area contributed by atoms with Crippen LogP contribution in [0.4, 0.5) is 0 Å². The lowest BCUT2D eigenvalue weighted by Crippen LogP contribution is -2.23. The normalized spacial score (nSPS) is 11.9. The van der Waals surface area contributed by atoms with E-state index < -0.39 is 15.7 Å². The van der Waals surface area contributed by atoms with E-state index in [-0.39, 0.29) is 23.0 Å². The minimum absolute atomic E-state index is 0.0924. The summed E-state index contributed by atoms with van der Waals surface area (Å²) in [6, 6.07) is 1.46. The maximum Gasteiger partial charge on any atom is 0.253 e. The number of carbonyl (C=O) groups excluding carboxylic acids is 1. The average Bonchev–Trinajstić information content (AvgIpc) is 2.40. The van der Waals surface area contributed by atoms with Gasteiger partial charge in [0.05, 0.1) is 12.2 Å². The van der Waals surface area contributed by atoms with Gasteiger partial charge in [-0.05, 0) is 12.0 Å². The van der Waals surface area contributed by atoms with Crippen molar-refractivity contribution < 1.29 is 17.9 Å². The number of amides is 1. The van der Waals surface area contributed by atoms with Gasteiger partial charge in [-0.25, -0.2) is 13.4 Å². The first-order valence-corrected chi connectivity index (χ1v) is 8.95. The van der Waals surface area contributed by atoms with Crippen molar-refractivity contribution in [3.05, 3.63) is 34.3 Å². The van der Waals surface area contributed by atoms with Gasteiger partial charge < -0.3 is 10.1 Å². The number of carbonyl (C=O) groups is 1. The fourth-order valence-corrected chi connectivity index (χ4v) is 2.04. The molecular weight excluding hydrogens is 328 g/mol. The molecule has 0 aromatic carbocycles. The number of rotatable bonds is 7. The predicted octanol–water partition coefficient (Wildman–Crippen LogP) is 2.06. The Balaban J connectivity index is 2.63. The number of hydrogen-bond acceptors (Lipinski definition) is 5. The molecule has 0 spiro atoms. The predicted molar refractivity (Wildman–Crippen MR) is 85.9 cm³/mol. The van der Waals surface area contributed by atoms with Gasteiger partial charge in [-0.2, -0.15) is 0 Å². The first kappa shape index (κ1) is 18.4. The van der Waals surface area contributed by atoms with Crippen LogP contribution >= 0.6 is 11.6 Å². The van der Waals surface area contributed by atoms with E-state index in [4.69, 9.17) is 16.3 Å². The van der Waals surface area contributed by atoms with Gasteiger partial charge in [0.15, 0.2) is 9.84 Å². The summed E-state index contributed by atoms with van der Waals surface area (Å²) in [6.07, 6.45) is 3.78. The molecule has 22 heavy (non-hydrogen) atoms. The smallest absolute Gasteiger partial charge is 0.253 e. The molecular formula is C14H19ClN2O4S. The highest BCUT2D eigenvalue weighted by Crippen LogP contribution is 2.22. The number of sulfone groups is 1. The Hall–Kier alpha value is -1.60. The molecule has 0 aliphatic rings. The highest BCUT2D eigenvalue weighted by molar-refractivity contribution is 7.93. The molecule has 1 amide bonds. The van der Waals surface area contributed by atoms with E-state index in [9.17, 15) is 13.2 Å². The maximum absolute atomic E-state index is 11.9. The van der Waals surface area contributed by atoms with Crippen LogP contribution in [-0.4, -0.2) is 38.7 Å². The Morgan fingerprint density at radius 2 is 2.18 bits per heavy atom. The van der Waals surface area contributed by atoms with Gasteiger partial charge in [0.25, 0.3) is 5.91 Å². The minimum Gasteiger partial charge on any atom is -0.476 e. The molecule has 6 nitrogen and oxygen atoms in total. The van der Waals surface area contributed by atoms with E-state index in [1.54, 1.807) is 0 Å². The van der Waals surface area contributed by atoms with Crippen LogP contribution in [0, 0.1) is 5.92 Å². The Kier molecular flexibility index (Phi) is 6.83. The number of nitrogens with zero attached hydrogens (tertiary/aromatic N) is 1. The van der Waals surface area contributed by atoms with Crippen LogP contribution in [0.25, 0.3) is 0 Å². The zero-order valence-electron chi connectivity index (χ0n) is 12.7. The highest BCUT2D eigenvalue weighted by Gasteiger charge is 2.10. The second-order valence-electron chi connectivity index (χ2n) is 5.13. The van der Waals surface area contributed by atoms with Crippen LogP contribution in [-0.2, 0) is 9.84 Å². The molecule has 0 bridgehead atoms. The van der Waals surface area contributed by atoms with Gasteiger partial charge >= 0.3 is 0 Å². The Morgan fingerprint density at radius 3 is 2.73 bits per heavy atom. The summed E-state index contributed by atoms with van der Waals surface area (Å²) in [5.74, 6) is 0.217. The first-order chi connectivity index (χ1) is 10.2. The van der Waals surface area contributed by atoms with E-state index in [0.29, 0.717) is 12.5 Å². The Labute approximate surface area is 135 Å². The van der Waals surface area contributed by atoms with Gasteiger partial charge in [0.2, 0.25) is 5.88 Å². The largest absolute Gasteiger partial charge is 0.476 e. The van der Waals surface area contributed by atoms with Crippen LogP contribution in [0.1, 0.15) is 24.2 Å². The Bertz CT molecular complexity index is 657. The molecule has 0 saturated carbocycles. The van der Waals surface area contributed by atoms with Crippen molar-refractivity contribution in [1.82, 2.24) is 10.3 Å². The molecule has 0 fully saturated rings. The van der Waals surface area contributed by atoms with E-state index in [1.165, 1.54) is 18.3 Å². The van der Waals surface area contributed by atoms with E-state index in [1.807, 2.05) is 13.8 Å². The summed E-state index contributed by atoms with van der Waals surface area (Å²) in [5, 5.41) is 3.82. The first-order valence-electron chi connectivity index (χ1n) is 6.62. The molecule has 0 aliphatic carbocycles. The van der Waals surface area contributed by atoms with Crippen LogP contribution in [0.3, 0.4) is 0 Å². The molecule has 0 atom stereocenters. The summed E-state index contributed by atoms with van der Waals surface area (Å²) >= 11 is 6.02. The maximum atomic E-state index is 11.9. The standard InChI is InChI=1S/C14H19ClN2O4S/c1-10(2)9-21-14-12(15)7-11(8-17-14)13(18)16-5-4-6-22(3,19)20/h4,6-8,10H,5,9H2,1-3H3,(H,16,18)/b6-4+. The van der Waals surface area contributed by atoms with E-state index in [0.717, 1.165) is 11.7 Å². The van der Waals surface area contributed by atoms with Crippen molar-refractivity contribution in [1.29, 1.82) is 0 Å². The zero-order chi connectivity index (χ0) is 16.8. The van der Waals surface area contributed by atoms with Gasteiger partial charge in [-0.1, -0.05) is 31.5 Å². The van der Waals surface area contributed by atoms with Gasteiger partial charge in [0.1, 0.15) is 5.02 Å². The third-order valence-electron chi connectivity index (χ3n) is 2.35. The lowest BCUT2D eigenvalue weighted by Gasteiger charge is -2.10. The van der Waals surface area contributed by atoms with Crippen LogP contribution in [0.2, 0.25) is 5.02 Å². The minimum atomic E-state index is -3.19. The van der Waals surface area contributed by atoms with Crippen LogP contribution < -0.4 is 10.1 Å². The highest BCUT2D eigenvalue weighted by atomic mass is 35.5. The quantitative estimate of drug-likeness (QED) is 0.816. The molecule has 1 N–H and O–H groups in total. The number of aromatic nitrogens is 1. The van der Waals surface area contributed by atoms with Crippen molar-refractivity contribution >= 4 is 27.3 Å². The molecule has 8 heteroatoms. The monoisotopic (exact) mass is 346 g/mol. The van der Waals surface area contributed by atoms with Crippen molar-refractivity contribution in [2.45, 2.75) is 13.8 Å². The zero-order valence-corrected chi connectivity index (χ0v) is 14.2. The van der Waals surface area contributed by atoms with Crippen molar-refractivity contribution in [2.24, 2.45) is 5.92 Å². The van der Waals surface area contributed by atoms with Gasteiger partial charge in [-0.3, -0.25) is 4.79 Å². The molecule has 122 valence electrons. The molecule has 0 unspecified atom stereocenters. The summed E-state index contributed by atoms with van der Waals surface area (Å²) in [4.78, 5) is 15.9. The number of ether oxygens (including phenoxy) is 1. The SMILES string of the molecule is CC(C)COc1ncc(C(=O)NC/C=C/S(C)(=O)=O)cc1Cl.